The molecule has 0 aliphatic carbocycles. The fraction of sp³-hybridized carbons (Fsp3) is 0.111. The normalized spacial score (nSPS) is 10.8. The average molecular weight is 198 g/mol. The number of nitrogen functional groups attached to an aromatic ring is 1. The van der Waals surface area contributed by atoms with Crippen molar-refractivity contribution in [2.75, 3.05) is 5.73 Å². The number of thiophene rings is 1. The van der Waals surface area contributed by atoms with Gasteiger partial charge in [0.25, 0.3) is 0 Å². The first-order valence-corrected chi connectivity index (χ1v) is 4.87. The second-order valence-electron chi connectivity index (χ2n) is 2.76. The van der Waals surface area contributed by atoms with Gasteiger partial charge in [-0.1, -0.05) is 17.7 Å². The number of nitrogens with two attached hydrogens (primary N) is 1. The number of hydrogen-bond acceptors (Lipinski definition) is 2. The van der Waals surface area contributed by atoms with E-state index in [2.05, 4.69) is 6.92 Å². The van der Waals surface area contributed by atoms with E-state index in [0.717, 1.165) is 16.1 Å². The van der Waals surface area contributed by atoms with Gasteiger partial charge in [-0.2, -0.15) is 0 Å². The molecule has 1 aromatic carbocycles. The van der Waals surface area contributed by atoms with Gasteiger partial charge in [-0.15, -0.1) is 11.3 Å². The Morgan fingerprint density at radius 1 is 1.42 bits per heavy atom. The Morgan fingerprint density at radius 2 is 2.17 bits per heavy atom. The van der Waals surface area contributed by atoms with Gasteiger partial charge >= 0.3 is 0 Å². The van der Waals surface area contributed by atoms with Crippen molar-refractivity contribution in [3.05, 3.63) is 28.1 Å². The largest absolute Gasteiger partial charge is 0.398 e. The number of fused-ring (bicyclic) bond motifs is 1. The highest BCUT2D eigenvalue weighted by Crippen LogP contribution is 2.35. The fourth-order valence-corrected chi connectivity index (χ4v) is 2.60. The Hall–Kier alpha value is -0.730. The Kier molecular flexibility index (Phi) is 1.74. The third-order valence-corrected chi connectivity index (χ3v) is 3.45. The van der Waals surface area contributed by atoms with Crippen LogP contribution in [0.1, 0.15) is 5.56 Å². The lowest BCUT2D eigenvalue weighted by Gasteiger charge is -1.99. The smallest absolute Gasteiger partial charge is 0.0612 e. The Labute approximate surface area is 79.8 Å². The number of halogens is 1. The predicted molar refractivity (Wildman–Crippen MR) is 56.0 cm³/mol. The van der Waals surface area contributed by atoms with Gasteiger partial charge in [-0.25, -0.2) is 0 Å². The van der Waals surface area contributed by atoms with Gasteiger partial charge in [0, 0.05) is 21.2 Å². The summed E-state index contributed by atoms with van der Waals surface area (Å²) in [6.07, 6.45) is 0. The van der Waals surface area contributed by atoms with Crippen LogP contribution < -0.4 is 5.73 Å². The van der Waals surface area contributed by atoms with Crippen molar-refractivity contribution in [3.8, 4) is 0 Å². The summed E-state index contributed by atoms with van der Waals surface area (Å²) < 4.78 is 1.19. The molecule has 1 nitrogen and oxygen atoms in total. The Morgan fingerprint density at radius 3 is 2.83 bits per heavy atom. The highest BCUT2D eigenvalue weighted by molar-refractivity contribution is 7.18. The maximum Gasteiger partial charge on any atom is 0.0612 e. The molecule has 0 aliphatic rings. The molecule has 0 bridgehead atoms. The number of anilines is 1. The topological polar surface area (TPSA) is 26.0 Å². The van der Waals surface area contributed by atoms with E-state index in [0.29, 0.717) is 0 Å². The number of aryl methyl sites for hydroxylation is 1. The quantitative estimate of drug-likeness (QED) is 0.644. The molecule has 0 amide bonds. The van der Waals surface area contributed by atoms with Crippen molar-refractivity contribution in [1.82, 2.24) is 0 Å². The summed E-state index contributed by atoms with van der Waals surface area (Å²) in [4.78, 5) is 0. The first-order valence-electron chi connectivity index (χ1n) is 3.62. The summed E-state index contributed by atoms with van der Waals surface area (Å²) in [5.74, 6) is 0. The van der Waals surface area contributed by atoms with Gasteiger partial charge in [0.05, 0.1) is 5.02 Å². The molecule has 2 N–H and O–H groups in total. The van der Waals surface area contributed by atoms with Crippen LogP contribution in [0, 0.1) is 6.92 Å². The van der Waals surface area contributed by atoms with Crippen LogP contribution in [-0.4, -0.2) is 0 Å². The molecular formula is C9H8ClNS. The standard InChI is InChI=1S/C9H8ClNS/c1-5-2-3-7(11)8-6(10)4-12-9(5)8/h2-4H,11H2,1H3. The monoisotopic (exact) mass is 197 g/mol. The lowest BCUT2D eigenvalue weighted by atomic mass is 10.1. The molecule has 0 saturated carbocycles. The molecule has 2 rings (SSSR count). The maximum absolute atomic E-state index is 5.98. The molecule has 0 atom stereocenters. The molecule has 1 heterocycles. The second-order valence-corrected chi connectivity index (χ2v) is 4.05. The van der Waals surface area contributed by atoms with Gasteiger partial charge in [0.15, 0.2) is 0 Å². The molecule has 1 aromatic heterocycles. The fourth-order valence-electron chi connectivity index (χ4n) is 1.27. The third kappa shape index (κ3) is 0.993. The Bertz CT molecular complexity index is 433. The van der Waals surface area contributed by atoms with Gasteiger partial charge in [0.1, 0.15) is 0 Å². The summed E-state index contributed by atoms with van der Waals surface area (Å²) in [5, 5.41) is 3.69. The maximum atomic E-state index is 5.98. The van der Waals surface area contributed by atoms with Crippen LogP contribution in [0.4, 0.5) is 5.69 Å². The van der Waals surface area contributed by atoms with Gasteiger partial charge in [-0.05, 0) is 18.6 Å². The van der Waals surface area contributed by atoms with Crippen LogP contribution >= 0.6 is 22.9 Å². The molecule has 0 spiro atoms. The first-order chi connectivity index (χ1) is 5.70. The molecule has 62 valence electrons. The lowest BCUT2D eigenvalue weighted by Crippen LogP contribution is -1.85. The summed E-state index contributed by atoms with van der Waals surface area (Å²) in [6.45, 7) is 2.06. The van der Waals surface area contributed by atoms with E-state index < -0.39 is 0 Å². The van der Waals surface area contributed by atoms with Crippen LogP contribution in [0.5, 0.6) is 0 Å². The summed E-state index contributed by atoms with van der Waals surface area (Å²) in [5.41, 5.74) is 7.79. The molecule has 0 aliphatic heterocycles. The van der Waals surface area contributed by atoms with Crippen LogP contribution in [-0.2, 0) is 0 Å². The highest BCUT2D eigenvalue weighted by Gasteiger charge is 2.06. The van der Waals surface area contributed by atoms with Crippen molar-refractivity contribution in [1.29, 1.82) is 0 Å². The lowest BCUT2D eigenvalue weighted by molar-refractivity contribution is 1.56. The van der Waals surface area contributed by atoms with Crippen LogP contribution in [0.3, 0.4) is 0 Å². The number of hydrogen-bond donors (Lipinski definition) is 1. The zero-order valence-electron chi connectivity index (χ0n) is 6.60. The SMILES string of the molecule is Cc1ccc(N)c2c(Cl)csc12. The van der Waals surface area contributed by atoms with Gasteiger partial charge in [0.2, 0.25) is 0 Å². The highest BCUT2D eigenvalue weighted by atomic mass is 35.5. The number of benzene rings is 1. The van der Waals surface area contributed by atoms with E-state index in [4.69, 9.17) is 17.3 Å². The van der Waals surface area contributed by atoms with Crippen molar-refractivity contribution >= 4 is 38.7 Å². The molecule has 0 fully saturated rings. The minimum absolute atomic E-state index is 0.760. The average Bonchev–Trinajstić information content (AvgIpc) is 2.42. The van der Waals surface area contributed by atoms with E-state index >= 15 is 0 Å². The molecule has 0 radical (unpaired) electrons. The third-order valence-electron chi connectivity index (χ3n) is 1.91. The second kappa shape index (κ2) is 2.64. The van der Waals surface area contributed by atoms with Crippen LogP contribution in [0.25, 0.3) is 10.1 Å². The van der Waals surface area contributed by atoms with Crippen molar-refractivity contribution < 1.29 is 0 Å². The van der Waals surface area contributed by atoms with Gasteiger partial charge < -0.3 is 5.73 Å². The van der Waals surface area contributed by atoms with E-state index in [9.17, 15) is 0 Å². The zero-order valence-corrected chi connectivity index (χ0v) is 8.17. The van der Waals surface area contributed by atoms with Crippen molar-refractivity contribution in [2.45, 2.75) is 6.92 Å². The predicted octanol–water partition coefficient (Wildman–Crippen LogP) is 3.45. The van der Waals surface area contributed by atoms with Crippen molar-refractivity contribution in [2.24, 2.45) is 0 Å². The first kappa shape index (κ1) is 7.90. The van der Waals surface area contributed by atoms with Crippen LogP contribution in [0.15, 0.2) is 17.5 Å². The number of rotatable bonds is 0. The van der Waals surface area contributed by atoms with Gasteiger partial charge in [-0.3, -0.25) is 0 Å². The van der Waals surface area contributed by atoms with E-state index in [-0.39, 0.29) is 0 Å². The molecule has 2 aromatic rings. The zero-order chi connectivity index (χ0) is 8.72. The Balaban J connectivity index is 2.98. The summed E-state index contributed by atoms with van der Waals surface area (Å²) >= 11 is 7.62. The molecule has 3 heteroatoms. The van der Waals surface area contributed by atoms with E-state index in [1.807, 2.05) is 17.5 Å². The minimum atomic E-state index is 0.760. The molecule has 0 unspecified atom stereocenters. The summed E-state index contributed by atoms with van der Waals surface area (Å²) in [7, 11) is 0. The minimum Gasteiger partial charge on any atom is -0.398 e. The molecule has 12 heavy (non-hydrogen) atoms. The molecular weight excluding hydrogens is 190 g/mol. The summed E-state index contributed by atoms with van der Waals surface area (Å²) in [6, 6.07) is 3.92. The van der Waals surface area contributed by atoms with E-state index in [1.54, 1.807) is 11.3 Å². The van der Waals surface area contributed by atoms with E-state index in [1.165, 1.54) is 10.3 Å². The molecule has 0 saturated heterocycles. The van der Waals surface area contributed by atoms with Crippen molar-refractivity contribution in [3.63, 3.8) is 0 Å². The van der Waals surface area contributed by atoms with Crippen LogP contribution in [0.2, 0.25) is 5.02 Å².